The van der Waals surface area contributed by atoms with Crippen LogP contribution in [0.4, 0.5) is 0 Å². The van der Waals surface area contributed by atoms with E-state index >= 15 is 0 Å². The number of rotatable bonds is 8. The number of carbonyl (C=O) groups excluding carboxylic acids is 2. The van der Waals surface area contributed by atoms with Gasteiger partial charge in [0.15, 0.2) is 12.3 Å². The first-order valence-electron chi connectivity index (χ1n) is 9.32. The second-order valence-corrected chi connectivity index (χ2v) is 6.71. The molecule has 8 heteroatoms. The standard InChI is InChI=1S/C20H20N4O4/c1-2-9-23(13-17-21-22-18(28-17)16-8-5-12-27-16)10-11-24-19(25)14-6-3-4-7-15(14)20(24)26/h3-8,12H,2,9-11,13H2,1H3/p+1. The molecule has 0 fully saturated rings. The third kappa shape index (κ3) is 3.46. The number of imide groups is 1. The molecule has 144 valence electrons. The number of nitrogens with one attached hydrogen (secondary N) is 1. The zero-order chi connectivity index (χ0) is 19.5. The molecule has 0 aliphatic carbocycles. The lowest BCUT2D eigenvalue weighted by atomic mass is 10.1. The van der Waals surface area contributed by atoms with Gasteiger partial charge in [-0.2, -0.15) is 0 Å². The van der Waals surface area contributed by atoms with Crippen LogP contribution in [0.5, 0.6) is 0 Å². The maximum absolute atomic E-state index is 12.5. The first-order chi connectivity index (χ1) is 13.7. The van der Waals surface area contributed by atoms with E-state index in [9.17, 15) is 9.59 Å². The average molecular weight is 381 g/mol. The first kappa shape index (κ1) is 18.1. The summed E-state index contributed by atoms with van der Waals surface area (Å²) in [5.74, 6) is 0.916. The normalized spacial score (nSPS) is 14.5. The van der Waals surface area contributed by atoms with Gasteiger partial charge >= 0.3 is 0 Å². The van der Waals surface area contributed by atoms with E-state index < -0.39 is 0 Å². The molecule has 2 aromatic heterocycles. The molecule has 4 rings (SSSR count). The summed E-state index contributed by atoms with van der Waals surface area (Å²) in [6, 6.07) is 10.5. The molecule has 0 bridgehead atoms. The van der Waals surface area contributed by atoms with Gasteiger partial charge in [0.2, 0.25) is 0 Å². The zero-order valence-electron chi connectivity index (χ0n) is 15.6. The Morgan fingerprint density at radius 2 is 1.75 bits per heavy atom. The van der Waals surface area contributed by atoms with Crippen molar-refractivity contribution in [2.24, 2.45) is 0 Å². The quantitative estimate of drug-likeness (QED) is 0.593. The summed E-state index contributed by atoms with van der Waals surface area (Å²) in [5.41, 5.74) is 0.953. The van der Waals surface area contributed by atoms with Gasteiger partial charge in [-0.25, -0.2) is 0 Å². The summed E-state index contributed by atoms with van der Waals surface area (Å²) < 4.78 is 11.0. The number of hydrogen-bond acceptors (Lipinski definition) is 6. The Bertz CT molecular complexity index is 945. The molecule has 3 heterocycles. The molecule has 0 saturated heterocycles. The van der Waals surface area contributed by atoms with Gasteiger partial charge in [0, 0.05) is 0 Å². The van der Waals surface area contributed by atoms with Crippen molar-refractivity contribution < 1.29 is 23.3 Å². The lowest BCUT2D eigenvalue weighted by Crippen LogP contribution is -3.11. The molecule has 0 radical (unpaired) electrons. The minimum atomic E-state index is -0.227. The van der Waals surface area contributed by atoms with Gasteiger partial charge in [-0.3, -0.25) is 14.5 Å². The van der Waals surface area contributed by atoms with Gasteiger partial charge in [-0.1, -0.05) is 19.1 Å². The number of fused-ring (bicyclic) bond motifs is 1. The number of benzene rings is 1. The minimum absolute atomic E-state index is 0.227. The van der Waals surface area contributed by atoms with E-state index in [1.807, 2.05) is 0 Å². The molecule has 28 heavy (non-hydrogen) atoms. The topological polar surface area (TPSA) is 93.9 Å². The average Bonchev–Trinajstić information content (AvgIpc) is 3.43. The Balaban J connectivity index is 1.41. The molecule has 1 aliphatic rings. The van der Waals surface area contributed by atoms with Crippen molar-refractivity contribution in [1.29, 1.82) is 0 Å². The summed E-state index contributed by atoms with van der Waals surface area (Å²) in [6.07, 6.45) is 2.51. The van der Waals surface area contributed by atoms with Crippen LogP contribution in [0.25, 0.3) is 11.7 Å². The van der Waals surface area contributed by atoms with Crippen molar-refractivity contribution in [1.82, 2.24) is 15.1 Å². The third-order valence-electron chi connectivity index (χ3n) is 4.77. The molecule has 0 spiro atoms. The Hall–Kier alpha value is -3.26. The first-order valence-corrected chi connectivity index (χ1v) is 9.32. The van der Waals surface area contributed by atoms with Gasteiger partial charge in [0.1, 0.15) is 0 Å². The molecule has 2 amide bonds. The van der Waals surface area contributed by atoms with E-state index in [0.717, 1.165) is 17.9 Å². The highest BCUT2D eigenvalue weighted by Gasteiger charge is 2.35. The summed E-state index contributed by atoms with van der Waals surface area (Å²) in [7, 11) is 0. The highest BCUT2D eigenvalue weighted by Crippen LogP contribution is 2.21. The minimum Gasteiger partial charge on any atom is -0.459 e. The number of hydrogen-bond donors (Lipinski definition) is 1. The highest BCUT2D eigenvalue weighted by molar-refractivity contribution is 6.21. The number of amides is 2. The molecule has 0 saturated carbocycles. The number of carbonyl (C=O) groups is 2. The highest BCUT2D eigenvalue weighted by atomic mass is 16.4. The number of furan rings is 1. The van der Waals surface area contributed by atoms with E-state index in [2.05, 4.69) is 17.1 Å². The third-order valence-corrected chi connectivity index (χ3v) is 4.77. The Labute approximate surface area is 161 Å². The van der Waals surface area contributed by atoms with Crippen molar-refractivity contribution in [2.75, 3.05) is 19.6 Å². The maximum Gasteiger partial charge on any atom is 0.283 e. The fourth-order valence-corrected chi connectivity index (χ4v) is 3.41. The van der Waals surface area contributed by atoms with Gasteiger partial charge in [0.25, 0.3) is 23.6 Å². The molecule has 1 aliphatic heterocycles. The molecular formula is C20H21N4O4+. The summed E-state index contributed by atoms with van der Waals surface area (Å²) in [4.78, 5) is 27.5. The second kappa shape index (κ2) is 7.77. The van der Waals surface area contributed by atoms with Crippen molar-refractivity contribution in [3.8, 4) is 11.7 Å². The second-order valence-electron chi connectivity index (χ2n) is 6.71. The lowest BCUT2D eigenvalue weighted by molar-refractivity contribution is -0.914. The van der Waals surface area contributed by atoms with Crippen molar-refractivity contribution >= 4 is 11.8 Å². The van der Waals surface area contributed by atoms with Crippen LogP contribution in [0.1, 0.15) is 40.0 Å². The van der Waals surface area contributed by atoms with E-state index in [0.29, 0.717) is 48.3 Å². The van der Waals surface area contributed by atoms with Crippen LogP contribution in [0.15, 0.2) is 51.5 Å². The maximum atomic E-state index is 12.5. The van der Waals surface area contributed by atoms with Crippen molar-refractivity contribution in [3.05, 3.63) is 59.7 Å². The van der Waals surface area contributed by atoms with E-state index in [1.54, 1.807) is 42.7 Å². The van der Waals surface area contributed by atoms with Gasteiger partial charge < -0.3 is 13.7 Å². The number of nitrogens with zero attached hydrogens (tertiary/aromatic N) is 3. The largest absolute Gasteiger partial charge is 0.459 e. The van der Waals surface area contributed by atoms with Gasteiger partial charge in [-0.05, 0) is 30.7 Å². The van der Waals surface area contributed by atoms with E-state index in [1.165, 1.54) is 4.90 Å². The van der Waals surface area contributed by atoms with Crippen molar-refractivity contribution in [3.63, 3.8) is 0 Å². The van der Waals surface area contributed by atoms with Gasteiger partial charge in [0.05, 0.1) is 37.0 Å². The van der Waals surface area contributed by atoms with Crippen molar-refractivity contribution in [2.45, 2.75) is 19.9 Å². The molecule has 1 unspecified atom stereocenters. The Morgan fingerprint density at radius 3 is 2.39 bits per heavy atom. The van der Waals surface area contributed by atoms with Crippen LogP contribution in [-0.2, 0) is 6.54 Å². The smallest absolute Gasteiger partial charge is 0.283 e. The molecule has 1 atom stereocenters. The number of quaternary nitrogens is 1. The summed E-state index contributed by atoms with van der Waals surface area (Å²) in [6.45, 7) is 4.43. The fourth-order valence-electron chi connectivity index (χ4n) is 3.41. The van der Waals surface area contributed by atoms with Crippen LogP contribution in [0.3, 0.4) is 0 Å². The lowest BCUT2D eigenvalue weighted by Gasteiger charge is -2.20. The van der Waals surface area contributed by atoms with Crippen LogP contribution in [0.2, 0.25) is 0 Å². The molecule has 1 aromatic carbocycles. The van der Waals surface area contributed by atoms with Crippen LogP contribution < -0.4 is 4.90 Å². The predicted octanol–water partition coefficient (Wildman–Crippen LogP) is 1.42. The molecular weight excluding hydrogens is 360 g/mol. The molecule has 3 aromatic rings. The summed E-state index contributed by atoms with van der Waals surface area (Å²) in [5, 5.41) is 8.11. The zero-order valence-corrected chi connectivity index (χ0v) is 15.6. The van der Waals surface area contributed by atoms with Gasteiger partial charge in [-0.15, -0.1) is 10.2 Å². The van der Waals surface area contributed by atoms with Crippen LogP contribution >= 0.6 is 0 Å². The number of aromatic nitrogens is 2. The molecule has 1 N–H and O–H groups in total. The monoisotopic (exact) mass is 381 g/mol. The summed E-state index contributed by atoms with van der Waals surface area (Å²) >= 11 is 0. The predicted molar refractivity (Wildman–Crippen MR) is 98.5 cm³/mol. The SMILES string of the molecule is CCC[NH+](CCN1C(=O)c2ccccc2C1=O)Cc1nnc(-c2ccco2)o1. The van der Waals surface area contributed by atoms with Crippen LogP contribution in [0, 0.1) is 0 Å². The van der Waals surface area contributed by atoms with Crippen LogP contribution in [-0.4, -0.2) is 46.5 Å². The molecule has 8 nitrogen and oxygen atoms in total. The van der Waals surface area contributed by atoms with E-state index in [4.69, 9.17) is 8.83 Å². The fraction of sp³-hybridized carbons (Fsp3) is 0.300. The Morgan fingerprint density at radius 1 is 1.00 bits per heavy atom. The Kier molecular flexibility index (Phi) is 5.03. The van der Waals surface area contributed by atoms with E-state index in [-0.39, 0.29) is 11.8 Å².